The van der Waals surface area contributed by atoms with Crippen molar-refractivity contribution in [1.82, 2.24) is 4.98 Å². The molecule has 3 rings (SSSR count). The minimum absolute atomic E-state index is 0.0457. The van der Waals surface area contributed by atoms with Gasteiger partial charge in [0.1, 0.15) is 0 Å². The molecule has 2 aromatic carbocycles. The fourth-order valence-electron chi connectivity index (χ4n) is 2.69. The molecule has 2 radical (unpaired) electrons. The van der Waals surface area contributed by atoms with Crippen LogP contribution in [0.4, 0.5) is 0 Å². The molecule has 0 saturated carbocycles. The number of benzene rings is 2. The quantitative estimate of drug-likeness (QED) is 0.509. The summed E-state index contributed by atoms with van der Waals surface area (Å²) in [5.41, 5.74) is 3.20. The molecule has 3 nitrogen and oxygen atoms in total. The molecule has 0 amide bonds. The minimum atomic E-state index is -0.0457. The molecule has 0 N–H and O–H groups in total. The molecule has 118 valence electrons. The first kappa shape index (κ1) is 16.8. The fraction of sp³-hybridized carbons (Fsp3) is 0.200. The fourth-order valence-corrected chi connectivity index (χ4v) is 3.19. The van der Waals surface area contributed by atoms with E-state index in [0.717, 1.165) is 29.9 Å². The van der Waals surface area contributed by atoms with Crippen LogP contribution >= 0.6 is 0 Å². The number of rotatable bonds is 3. The van der Waals surface area contributed by atoms with E-state index in [0.29, 0.717) is 16.9 Å². The molecule has 0 aliphatic carbocycles. The van der Waals surface area contributed by atoms with Crippen molar-refractivity contribution in [3.05, 3.63) is 71.4 Å². The van der Waals surface area contributed by atoms with E-state index in [1.165, 1.54) is 5.56 Å². The zero-order valence-electron chi connectivity index (χ0n) is 14.0. The predicted octanol–water partition coefficient (Wildman–Crippen LogP) is 4.23. The topological polar surface area (TPSA) is 39.2 Å². The maximum absolute atomic E-state index is 12.9. The first-order chi connectivity index (χ1) is 11.4. The van der Waals surface area contributed by atoms with Gasteiger partial charge in [0, 0.05) is 0 Å². The van der Waals surface area contributed by atoms with Gasteiger partial charge in [0.05, 0.1) is 0 Å². The van der Waals surface area contributed by atoms with Crippen LogP contribution in [0.2, 0.25) is 0 Å². The van der Waals surface area contributed by atoms with Gasteiger partial charge in [-0.3, -0.25) is 0 Å². The van der Waals surface area contributed by atoms with Gasteiger partial charge >= 0.3 is 152 Å². The summed E-state index contributed by atoms with van der Waals surface area (Å²) in [7, 11) is 0. The van der Waals surface area contributed by atoms with Crippen LogP contribution in [0.3, 0.4) is 0 Å². The average molecular weight is 374 g/mol. The number of ketones is 1. The molecule has 0 aliphatic heterocycles. The number of aromatic nitrogens is 1. The van der Waals surface area contributed by atoms with E-state index in [4.69, 9.17) is 3.53 Å². The summed E-state index contributed by atoms with van der Waals surface area (Å²) in [4.78, 5) is 17.3. The normalized spacial score (nSPS) is 11.5. The zero-order valence-corrected chi connectivity index (χ0v) is 16.5. The Kier molecular flexibility index (Phi) is 4.52. The molecule has 0 aliphatic rings. The third kappa shape index (κ3) is 3.12. The van der Waals surface area contributed by atoms with Crippen molar-refractivity contribution in [3.8, 4) is 5.75 Å². The van der Waals surface area contributed by atoms with Gasteiger partial charge in [-0.05, 0) is 0 Å². The monoisotopic (exact) mass is 373 g/mol. The SMILES string of the molecule is CC(C)(C)c1ccc(C(=O)c2ccc3cccnc3c2[O][Ga])cc1. The van der Waals surface area contributed by atoms with Crippen LogP contribution in [-0.2, 0) is 5.41 Å². The Morgan fingerprint density at radius 1 is 1.04 bits per heavy atom. The van der Waals surface area contributed by atoms with E-state index in [-0.39, 0.29) is 11.2 Å². The first-order valence-electron chi connectivity index (χ1n) is 7.81. The Labute approximate surface area is 152 Å². The van der Waals surface area contributed by atoms with E-state index >= 15 is 0 Å². The number of nitrogens with zero attached hydrogens (tertiary/aromatic N) is 1. The third-order valence-electron chi connectivity index (χ3n) is 4.10. The average Bonchev–Trinajstić information content (AvgIpc) is 2.59. The van der Waals surface area contributed by atoms with E-state index in [9.17, 15) is 4.79 Å². The number of carbonyl (C=O) groups excluding carboxylic acids is 1. The first-order valence-corrected chi connectivity index (χ1v) is 8.80. The molecule has 0 unspecified atom stereocenters. The van der Waals surface area contributed by atoms with E-state index < -0.39 is 0 Å². The Balaban J connectivity index is 2.05. The van der Waals surface area contributed by atoms with Crippen molar-refractivity contribution in [1.29, 1.82) is 0 Å². The molecular weight excluding hydrogens is 356 g/mol. The molecule has 0 bridgehead atoms. The van der Waals surface area contributed by atoms with Gasteiger partial charge < -0.3 is 0 Å². The van der Waals surface area contributed by atoms with Crippen LogP contribution in [0.15, 0.2) is 54.7 Å². The Bertz CT molecular complexity index is 896. The predicted molar refractivity (Wildman–Crippen MR) is 96.7 cm³/mol. The summed E-state index contributed by atoms with van der Waals surface area (Å²) in [6.45, 7) is 6.47. The number of pyridine rings is 1. The van der Waals surface area contributed by atoms with Gasteiger partial charge in [0.25, 0.3) is 0 Å². The molecule has 1 aromatic heterocycles. The van der Waals surface area contributed by atoms with Crippen molar-refractivity contribution < 1.29 is 8.32 Å². The van der Waals surface area contributed by atoms with Crippen LogP contribution in [0.1, 0.15) is 42.3 Å². The Morgan fingerprint density at radius 2 is 1.75 bits per heavy atom. The van der Waals surface area contributed by atoms with E-state index in [2.05, 4.69) is 25.8 Å². The van der Waals surface area contributed by atoms with Crippen LogP contribution in [0.5, 0.6) is 5.75 Å². The molecule has 0 spiro atoms. The molecule has 24 heavy (non-hydrogen) atoms. The second-order valence-corrected chi connectivity index (χ2v) is 7.29. The van der Waals surface area contributed by atoms with Gasteiger partial charge in [0.15, 0.2) is 0 Å². The van der Waals surface area contributed by atoms with Gasteiger partial charge in [-0.25, -0.2) is 0 Å². The van der Waals surface area contributed by atoms with E-state index in [1.54, 1.807) is 6.20 Å². The third-order valence-corrected chi connectivity index (χ3v) is 4.60. The Hall–Kier alpha value is -2.04. The van der Waals surface area contributed by atoms with Crippen molar-refractivity contribution in [2.75, 3.05) is 0 Å². The van der Waals surface area contributed by atoms with Gasteiger partial charge in [0.2, 0.25) is 0 Å². The second-order valence-electron chi connectivity index (χ2n) is 6.79. The van der Waals surface area contributed by atoms with Gasteiger partial charge in [-0.2, -0.15) is 0 Å². The van der Waals surface area contributed by atoms with Crippen LogP contribution < -0.4 is 3.53 Å². The maximum atomic E-state index is 12.9. The Morgan fingerprint density at radius 3 is 2.38 bits per heavy atom. The molecular formula is C20H18GaNO2. The summed E-state index contributed by atoms with van der Waals surface area (Å²) in [5, 5.41) is 0.963. The zero-order chi connectivity index (χ0) is 17.3. The number of hydrogen-bond acceptors (Lipinski definition) is 3. The molecule has 0 saturated heterocycles. The molecule has 4 heteroatoms. The molecule has 1 heterocycles. The van der Waals surface area contributed by atoms with Gasteiger partial charge in [-0.15, -0.1) is 0 Å². The van der Waals surface area contributed by atoms with Crippen molar-refractivity contribution >= 4 is 35.7 Å². The van der Waals surface area contributed by atoms with Crippen molar-refractivity contribution in [3.63, 3.8) is 0 Å². The summed E-state index contributed by atoms with van der Waals surface area (Å²) in [5.74, 6) is 0.508. The van der Waals surface area contributed by atoms with E-state index in [1.807, 2.05) is 48.5 Å². The number of hydrogen-bond donors (Lipinski definition) is 0. The van der Waals surface area contributed by atoms with Crippen molar-refractivity contribution in [2.45, 2.75) is 26.2 Å². The van der Waals surface area contributed by atoms with Gasteiger partial charge in [-0.1, -0.05) is 0 Å². The summed E-state index contributed by atoms with van der Waals surface area (Å²) in [6, 6.07) is 15.4. The molecule has 0 atom stereocenters. The van der Waals surface area contributed by atoms with Crippen molar-refractivity contribution in [2.24, 2.45) is 0 Å². The molecule has 0 fully saturated rings. The standard InChI is InChI=1S/C20H19NO2.Ga/c1-20(2,3)15-9-6-14(7-10-15)18(22)16-11-8-13-5-4-12-21-17(13)19(16)23;/h4-12,23H,1-3H3;/q;+1/p-1. The summed E-state index contributed by atoms with van der Waals surface area (Å²) in [6.07, 6.45) is 1.71. The number of carbonyl (C=O) groups is 1. The summed E-state index contributed by atoms with van der Waals surface area (Å²) >= 11 is 1.09. The summed E-state index contributed by atoms with van der Waals surface area (Å²) < 4.78 is 5.56. The number of fused-ring (bicyclic) bond motifs is 1. The van der Waals surface area contributed by atoms with Crippen LogP contribution in [-0.4, -0.2) is 29.7 Å². The van der Waals surface area contributed by atoms with Crippen LogP contribution in [0, 0.1) is 0 Å². The molecule has 3 aromatic rings. The second kappa shape index (κ2) is 6.46. The van der Waals surface area contributed by atoms with Crippen LogP contribution in [0.25, 0.3) is 10.9 Å².